The number of anilines is 1. The second kappa shape index (κ2) is 10.4. The molecule has 2 heterocycles. The topological polar surface area (TPSA) is 88.5 Å². The van der Waals surface area contributed by atoms with E-state index in [0.29, 0.717) is 22.8 Å². The number of likely N-dealkylation sites (tertiary alicyclic amines) is 1. The van der Waals surface area contributed by atoms with E-state index in [1.165, 1.54) is 4.90 Å². The molecular weight excluding hydrogens is 496 g/mol. The minimum absolute atomic E-state index is 0.0539. The van der Waals surface area contributed by atoms with Gasteiger partial charge in [0.1, 0.15) is 11.5 Å². The lowest BCUT2D eigenvalue weighted by molar-refractivity contribution is -0.140. The van der Waals surface area contributed by atoms with Crippen molar-refractivity contribution >= 4 is 23.1 Å². The van der Waals surface area contributed by atoms with Crippen LogP contribution in [0.15, 0.2) is 66.2 Å². The van der Waals surface area contributed by atoms with Crippen molar-refractivity contribution in [1.82, 2.24) is 4.90 Å². The summed E-state index contributed by atoms with van der Waals surface area (Å²) < 4.78 is 16.4. The van der Waals surface area contributed by atoms with E-state index in [4.69, 9.17) is 14.2 Å². The van der Waals surface area contributed by atoms with Gasteiger partial charge in [-0.2, -0.15) is 0 Å². The summed E-state index contributed by atoms with van der Waals surface area (Å²) in [7, 11) is 5.48. The van der Waals surface area contributed by atoms with Gasteiger partial charge in [-0.25, -0.2) is 0 Å². The van der Waals surface area contributed by atoms with Crippen LogP contribution in [0, 0.1) is 0 Å². The van der Waals surface area contributed by atoms with E-state index < -0.39 is 17.7 Å². The predicted molar refractivity (Wildman–Crippen MR) is 148 cm³/mol. The summed E-state index contributed by atoms with van der Waals surface area (Å²) in [6, 6.07) is 17.6. The summed E-state index contributed by atoms with van der Waals surface area (Å²) in [6.07, 6.45) is 0. The van der Waals surface area contributed by atoms with Crippen LogP contribution in [-0.2, 0) is 16.1 Å². The molecule has 3 aromatic carbocycles. The Morgan fingerprint density at radius 3 is 2.41 bits per heavy atom. The third-order valence-corrected chi connectivity index (χ3v) is 7.18. The van der Waals surface area contributed by atoms with Crippen LogP contribution in [0.2, 0.25) is 0 Å². The van der Waals surface area contributed by atoms with Gasteiger partial charge in [-0.1, -0.05) is 32.0 Å². The molecule has 1 saturated heterocycles. The first-order chi connectivity index (χ1) is 18.7. The smallest absolute Gasteiger partial charge is 0.295 e. The largest absolute Gasteiger partial charge is 0.507 e. The van der Waals surface area contributed by atoms with Gasteiger partial charge in [-0.15, -0.1) is 0 Å². The predicted octanol–water partition coefficient (Wildman–Crippen LogP) is 5.24. The van der Waals surface area contributed by atoms with E-state index in [2.05, 4.69) is 0 Å². The van der Waals surface area contributed by atoms with Gasteiger partial charge in [0.2, 0.25) is 6.79 Å². The summed E-state index contributed by atoms with van der Waals surface area (Å²) >= 11 is 0. The number of fused-ring (bicyclic) bond motifs is 1. The van der Waals surface area contributed by atoms with E-state index in [1.54, 1.807) is 25.3 Å². The number of hydrogen-bond donors (Lipinski definition) is 1. The van der Waals surface area contributed by atoms with Crippen LogP contribution in [0.1, 0.15) is 48.1 Å². The number of nitrogens with zero attached hydrogens (tertiary/aromatic N) is 2. The molecule has 2 aliphatic heterocycles. The molecule has 8 heteroatoms. The number of benzene rings is 3. The number of hydrogen-bond acceptors (Lipinski definition) is 7. The van der Waals surface area contributed by atoms with Crippen molar-refractivity contribution in [3.8, 4) is 17.2 Å². The fraction of sp³-hybridized carbons (Fsp3) is 0.290. The number of carbonyl (C=O) groups is 2. The van der Waals surface area contributed by atoms with Gasteiger partial charge < -0.3 is 29.1 Å². The Kier molecular flexibility index (Phi) is 6.95. The van der Waals surface area contributed by atoms with Gasteiger partial charge in [0.25, 0.3) is 11.7 Å². The van der Waals surface area contributed by atoms with Gasteiger partial charge in [0.05, 0.1) is 18.7 Å². The van der Waals surface area contributed by atoms with Crippen LogP contribution in [0.25, 0.3) is 5.76 Å². The molecule has 202 valence electrons. The van der Waals surface area contributed by atoms with Crippen molar-refractivity contribution in [2.24, 2.45) is 0 Å². The Morgan fingerprint density at radius 2 is 1.74 bits per heavy atom. The molecule has 0 aromatic heterocycles. The average molecular weight is 529 g/mol. The monoisotopic (exact) mass is 528 g/mol. The van der Waals surface area contributed by atoms with Crippen LogP contribution in [0.3, 0.4) is 0 Å². The summed E-state index contributed by atoms with van der Waals surface area (Å²) in [5.74, 6) is 0.432. The number of Topliss-reactive ketones (excluding diaryl/α,β-unsaturated/α-hetero) is 1. The van der Waals surface area contributed by atoms with E-state index in [0.717, 1.165) is 22.4 Å². The summed E-state index contributed by atoms with van der Waals surface area (Å²) in [5, 5.41) is 11.6. The first kappa shape index (κ1) is 26.2. The van der Waals surface area contributed by atoms with Gasteiger partial charge >= 0.3 is 0 Å². The highest BCUT2D eigenvalue weighted by Gasteiger charge is 2.46. The highest BCUT2D eigenvalue weighted by molar-refractivity contribution is 6.46. The van der Waals surface area contributed by atoms with Crippen molar-refractivity contribution in [2.75, 3.05) is 32.9 Å². The molecule has 1 amide bonds. The molecule has 2 aliphatic rings. The third-order valence-electron chi connectivity index (χ3n) is 7.18. The summed E-state index contributed by atoms with van der Waals surface area (Å²) in [6.45, 7) is 4.34. The first-order valence-corrected chi connectivity index (χ1v) is 12.8. The highest BCUT2D eigenvalue weighted by Crippen LogP contribution is 2.42. The molecule has 1 fully saturated rings. The number of methoxy groups -OCH3 is 1. The maximum Gasteiger partial charge on any atom is 0.295 e. The average Bonchev–Trinajstić information content (AvgIpc) is 3.50. The molecule has 0 bridgehead atoms. The van der Waals surface area contributed by atoms with Gasteiger partial charge in [0, 0.05) is 31.9 Å². The number of aliphatic hydroxyl groups excluding tert-OH is 1. The minimum Gasteiger partial charge on any atom is -0.507 e. The summed E-state index contributed by atoms with van der Waals surface area (Å²) in [5.41, 5.74) is 3.88. The van der Waals surface area contributed by atoms with Gasteiger partial charge in [-0.05, 0) is 65.1 Å². The van der Waals surface area contributed by atoms with Gasteiger partial charge in [0.15, 0.2) is 11.5 Å². The van der Waals surface area contributed by atoms with Gasteiger partial charge in [-0.3, -0.25) is 9.59 Å². The molecule has 39 heavy (non-hydrogen) atoms. The Labute approximate surface area is 228 Å². The summed E-state index contributed by atoms with van der Waals surface area (Å²) in [4.78, 5) is 30.5. The quantitative estimate of drug-likeness (QED) is 0.255. The standard InChI is InChI=1S/C31H32N2O6/c1-18(2)23-15-21(9-13-24(23)37-5)29(34)27-28(20-7-10-22(11-8-20)32(3)4)33(31(36)30(27)35)16-19-6-12-25-26(14-19)39-17-38-25/h6-15,18,28,34H,16-17H2,1-5H3/b29-27+. The zero-order valence-corrected chi connectivity index (χ0v) is 22.7. The maximum absolute atomic E-state index is 13.5. The molecular formula is C31H32N2O6. The zero-order valence-electron chi connectivity index (χ0n) is 22.7. The number of amides is 1. The second-order valence-electron chi connectivity index (χ2n) is 10.2. The zero-order chi connectivity index (χ0) is 27.8. The van der Waals surface area contributed by atoms with Crippen molar-refractivity contribution < 1.29 is 28.9 Å². The van der Waals surface area contributed by atoms with Crippen LogP contribution < -0.4 is 19.1 Å². The lowest BCUT2D eigenvalue weighted by Crippen LogP contribution is -2.29. The molecule has 5 rings (SSSR count). The normalized spacial score (nSPS) is 17.7. The lowest BCUT2D eigenvalue weighted by atomic mass is 9.93. The van der Waals surface area contributed by atoms with Crippen molar-refractivity contribution in [3.63, 3.8) is 0 Å². The third kappa shape index (κ3) is 4.78. The van der Waals surface area contributed by atoms with Crippen molar-refractivity contribution in [2.45, 2.75) is 32.4 Å². The van der Waals surface area contributed by atoms with Crippen LogP contribution in [0.4, 0.5) is 5.69 Å². The number of rotatable bonds is 7. The SMILES string of the molecule is COc1ccc(/C(O)=C2\C(=O)C(=O)N(Cc3ccc4c(c3)OCO4)C2c2ccc(N(C)C)cc2)cc1C(C)C. The number of aliphatic hydroxyl groups is 1. The maximum atomic E-state index is 13.5. The molecule has 0 spiro atoms. The van der Waals surface area contributed by atoms with Crippen molar-refractivity contribution in [1.29, 1.82) is 0 Å². The number of carbonyl (C=O) groups excluding carboxylic acids is 2. The van der Waals surface area contributed by atoms with Crippen LogP contribution >= 0.6 is 0 Å². The molecule has 1 unspecified atom stereocenters. The number of ether oxygens (including phenoxy) is 3. The molecule has 1 N–H and O–H groups in total. The van der Waals surface area contributed by atoms with E-state index in [9.17, 15) is 14.7 Å². The second-order valence-corrected chi connectivity index (χ2v) is 10.2. The fourth-order valence-corrected chi connectivity index (χ4v) is 5.07. The fourth-order valence-electron chi connectivity index (χ4n) is 5.07. The molecule has 0 radical (unpaired) electrons. The molecule has 0 aliphatic carbocycles. The Morgan fingerprint density at radius 1 is 1.03 bits per heavy atom. The lowest BCUT2D eigenvalue weighted by Gasteiger charge is -2.26. The molecule has 0 saturated carbocycles. The highest BCUT2D eigenvalue weighted by atomic mass is 16.7. The number of ketones is 1. The Balaban J connectivity index is 1.63. The minimum atomic E-state index is -0.781. The first-order valence-electron chi connectivity index (χ1n) is 12.8. The Bertz CT molecular complexity index is 1460. The van der Waals surface area contributed by atoms with E-state index >= 15 is 0 Å². The van der Waals surface area contributed by atoms with Crippen LogP contribution in [0.5, 0.6) is 17.2 Å². The molecule has 3 aromatic rings. The van der Waals surface area contributed by atoms with E-state index in [1.807, 2.05) is 75.3 Å². The Hall–Kier alpha value is -4.46. The van der Waals surface area contributed by atoms with Crippen molar-refractivity contribution in [3.05, 3.63) is 88.5 Å². The van der Waals surface area contributed by atoms with Crippen LogP contribution in [-0.4, -0.2) is 49.7 Å². The van der Waals surface area contributed by atoms with E-state index in [-0.39, 0.29) is 30.6 Å². The molecule has 1 atom stereocenters. The molecule has 8 nitrogen and oxygen atoms in total.